The average molecular weight is 357 g/mol. The van der Waals surface area contributed by atoms with E-state index in [9.17, 15) is 0 Å². The van der Waals surface area contributed by atoms with Crippen molar-refractivity contribution in [3.05, 3.63) is 27.7 Å². The number of hydrogen-bond donors (Lipinski definition) is 2. The van der Waals surface area contributed by atoms with Gasteiger partial charge < -0.3 is 10.6 Å². The van der Waals surface area contributed by atoms with Gasteiger partial charge in [-0.2, -0.15) is 0 Å². The van der Waals surface area contributed by atoms with Crippen LogP contribution in [-0.4, -0.2) is 36.0 Å². The van der Waals surface area contributed by atoms with Crippen molar-refractivity contribution >= 4 is 34.8 Å². The van der Waals surface area contributed by atoms with Gasteiger partial charge in [-0.25, -0.2) is 4.99 Å². The largest absolute Gasteiger partial charge is 0.355 e. The minimum Gasteiger partial charge on any atom is -0.355 e. The van der Waals surface area contributed by atoms with Gasteiger partial charge in [-0.3, -0.25) is 4.90 Å². The van der Waals surface area contributed by atoms with E-state index in [0.717, 1.165) is 30.3 Å². The first-order chi connectivity index (χ1) is 10.8. The van der Waals surface area contributed by atoms with E-state index in [1.165, 1.54) is 0 Å². The topological polar surface area (TPSA) is 39.7 Å². The maximum Gasteiger partial charge on any atom is 0.197 e. The second kappa shape index (κ2) is 7.73. The number of guanidine groups is 1. The molecule has 0 fully saturated rings. The molecule has 2 rings (SSSR count). The molecule has 1 heterocycles. The molecule has 1 unspecified atom stereocenters. The zero-order chi connectivity index (χ0) is 17.1. The quantitative estimate of drug-likeness (QED) is 0.823. The first-order valence-corrected chi connectivity index (χ1v) is 8.89. The van der Waals surface area contributed by atoms with Gasteiger partial charge in [0.1, 0.15) is 0 Å². The summed E-state index contributed by atoms with van der Waals surface area (Å²) in [7, 11) is 0. The van der Waals surface area contributed by atoms with Crippen LogP contribution in [0.1, 0.15) is 46.2 Å². The van der Waals surface area contributed by atoms with Crippen LogP contribution in [0.15, 0.2) is 17.1 Å². The molecule has 23 heavy (non-hydrogen) atoms. The molecule has 4 nitrogen and oxygen atoms in total. The third kappa shape index (κ3) is 4.31. The molecule has 2 N–H and O–H groups in total. The number of rotatable bonds is 5. The van der Waals surface area contributed by atoms with E-state index in [2.05, 4.69) is 55.1 Å². The summed E-state index contributed by atoms with van der Waals surface area (Å²) in [5, 5.41) is 7.88. The Hall–Kier alpha value is -0.970. The van der Waals surface area contributed by atoms with Gasteiger partial charge in [0.25, 0.3) is 0 Å². The van der Waals surface area contributed by atoms with Gasteiger partial charge in [0.05, 0.1) is 21.8 Å². The van der Waals surface area contributed by atoms with Gasteiger partial charge >= 0.3 is 0 Å². The van der Waals surface area contributed by atoms with Gasteiger partial charge in [-0.05, 0) is 46.8 Å². The van der Waals surface area contributed by atoms with Crippen LogP contribution in [0.2, 0.25) is 10.0 Å². The van der Waals surface area contributed by atoms with Crippen LogP contribution in [-0.2, 0) is 0 Å². The first kappa shape index (κ1) is 18.4. The highest BCUT2D eigenvalue weighted by Crippen LogP contribution is 2.38. The minimum absolute atomic E-state index is 0.0718. The highest BCUT2D eigenvalue weighted by molar-refractivity contribution is 6.42. The Morgan fingerprint density at radius 2 is 1.87 bits per heavy atom. The molecule has 1 atom stereocenters. The van der Waals surface area contributed by atoms with E-state index in [1.54, 1.807) is 6.07 Å². The normalized spacial score (nSPS) is 17.3. The van der Waals surface area contributed by atoms with Crippen LogP contribution in [0, 0.1) is 0 Å². The van der Waals surface area contributed by atoms with Crippen LogP contribution in [0.4, 0.5) is 5.69 Å². The Balaban J connectivity index is 2.05. The van der Waals surface area contributed by atoms with Gasteiger partial charge in [-0.1, -0.05) is 23.2 Å². The molecule has 1 aliphatic heterocycles. The summed E-state index contributed by atoms with van der Waals surface area (Å²) in [6.07, 6.45) is 0. The lowest BCUT2D eigenvalue weighted by atomic mass is 10.0. The Morgan fingerprint density at radius 3 is 2.48 bits per heavy atom. The van der Waals surface area contributed by atoms with Gasteiger partial charge in [0, 0.05) is 30.7 Å². The van der Waals surface area contributed by atoms with Crippen molar-refractivity contribution in [3.63, 3.8) is 0 Å². The number of fused-ring (bicyclic) bond motifs is 1. The minimum atomic E-state index is 0.0718. The van der Waals surface area contributed by atoms with E-state index >= 15 is 0 Å². The number of benzene rings is 1. The van der Waals surface area contributed by atoms with Crippen LogP contribution in [0.3, 0.4) is 0 Å². The zero-order valence-electron chi connectivity index (χ0n) is 14.5. The standard InChI is InChI=1S/C17H26Cl2N4/c1-10(2)23(11(3)4)9-8-20-17-21-12(5)15-14(22-17)7-6-13(18)16(15)19/h6-7,10-12H,8-9H2,1-5H3,(H2,20,21,22). The molecule has 6 heteroatoms. The molecule has 0 saturated heterocycles. The van der Waals surface area contributed by atoms with Gasteiger partial charge in [-0.15, -0.1) is 0 Å². The van der Waals surface area contributed by atoms with Crippen molar-refractivity contribution in [1.82, 2.24) is 15.5 Å². The Morgan fingerprint density at radius 1 is 1.22 bits per heavy atom. The summed E-state index contributed by atoms with van der Waals surface area (Å²) < 4.78 is 0. The summed E-state index contributed by atoms with van der Waals surface area (Å²) >= 11 is 12.4. The second-order valence-corrected chi connectivity index (χ2v) is 7.26. The number of aliphatic imine (C=N–C) groups is 1. The molecule has 1 aromatic rings. The van der Waals surface area contributed by atoms with Crippen LogP contribution in [0.5, 0.6) is 0 Å². The second-order valence-electron chi connectivity index (χ2n) is 6.47. The fraction of sp³-hybridized carbons (Fsp3) is 0.588. The summed E-state index contributed by atoms with van der Waals surface area (Å²) in [6, 6.07) is 4.83. The first-order valence-electron chi connectivity index (χ1n) is 8.14. The van der Waals surface area contributed by atoms with E-state index in [0.29, 0.717) is 22.1 Å². The molecule has 0 aliphatic carbocycles. The molecule has 128 valence electrons. The molecule has 0 amide bonds. The molecule has 0 aromatic heterocycles. The maximum absolute atomic E-state index is 6.30. The Labute approximate surface area is 149 Å². The van der Waals surface area contributed by atoms with Crippen LogP contribution >= 0.6 is 23.2 Å². The van der Waals surface area contributed by atoms with Crippen molar-refractivity contribution in [2.24, 2.45) is 4.99 Å². The highest BCUT2D eigenvalue weighted by atomic mass is 35.5. The smallest absolute Gasteiger partial charge is 0.197 e. The fourth-order valence-electron chi connectivity index (χ4n) is 3.00. The predicted molar refractivity (Wildman–Crippen MR) is 100 cm³/mol. The lowest BCUT2D eigenvalue weighted by Gasteiger charge is -2.31. The van der Waals surface area contributed by atoms with Crippen LogP contribution < -0.4 is 10.6 Å². The van der Waals surface area contributed by atoms with Crippen molar-refractivity contribution in [1.29, 1.82) is 0 Å². The Kier molecular flexibility index (Phi) is 6.18. The lowest BCUT2D eigenvalue weighted by molar-refractivity contribution is 0.178. The number of hydrogen-bond acceptors (Lipinski definition) is 4. The molecule has 1 aliphatic rings. The molecule has 1 aromatic carbocycles. The van der Waals surface area contributed by atoms with E-state index in [1.807, 2.05) is 6.07 Å². The summed E-state index contributed by atoms with van der Waals surface area (Å²) in [5.74, 6) is 0.788. The number of nitrogens with zero attached hydrogens (tertiary/aromatic N) is 2. The third-order valence-electron chi connectivity index (χ3n) is 4.12. The number of nitrogens with one attached hydrogen (secondary N) is 2. The fourth-order valence-corrected chi connectivity index (χ4v) is 3.49. The molecular weight excluding hydrogens is 331 g/mol. The average Bonchev–Trinajstić information content (AvgIpc) is 2.46. The lowest BCUT2D eigenvalue weighted by Crippen LogP contribution is -2.46. The molecule has 0 radical (unpaired) electrons. The molecule has 0 saturated carbocycles. The zero-order valence-corrected chi connectivity index (χ0v) is 16.0. The molecule has 0 bridgehead atoms. The third-order valence-corrected chi connectivity index (χ3v) is 4.94. The van der Waals surface area contributed by atoms with E-state index in [4.69, 9.17) is 23.2 Å². The predicted octanol–water partition coefficient (Wildman–Crippen LogP) is 4.35. The van der Waals surface area contributed by atoms with Crippen molar-refractivity contribution in [2.45, 2.75) is 52.7 Å². The molecular formula is C17H26Cl2N4. The monoisotopic (exact) mass is 356 g/mol. The van der Waals surface area contributed by atoms with Gasteiger partial charge in [0.2, 0.25) is 0 Å². The summed E-state index contributed by atoms with van der Waals surface area (Å²) in [6.45, 7) is 12.8. The molecule has 0 spiro atoms. The SMILES string of the molecule is CC1NC(NCCN(C(C)C)C(C)C)=Nc2ccc(Cl)c(Cl)c21. The van der Waals surface area contributed by atoms with Crippen molar-refractivity contribution in [2.75, 3.05) is 13.1 Å². The summed E-state index contributed by atoms with van der Waals surface area (Å²) in [5.41, 5.74) is 1.83. The van der Waals surface area contributed by atoms with Gasteiger partial charge in [0.15, 0.2) is 5.96 Å². The van der Waals surface area contributed by atoms with E-state index < -0.39 is 0 Å². The summed E-state index contributed by atoms with van der Waals surface area (Å²) in [4.78, 5) is 7.07. The van der Waals surface area contributed by atoms with Crippen LogP contribution in [0.25, 0.3) is 0 Å². The van der Waals surface area contributed by atoms with Crippen molar-refractivity contribution in [3.8, 4) is 0 Å². The highest BCUT2D eigenvalue weighted by Gasteiger charge is 2.22. The number of halogens is 2. The van der Waals surface area contributed by atoms with Crippen molar-refractivity contribution < 1.29 is 0 Å². The Bertz CT molecular complexity index is 576. The maximum atomic E-state index is 6.30. The van der Waals surface area contributed by atoms with E-state index in [-0.39, 0.29) is 6.04 Å².